The largest absolute Gasteiger partial charge is 0.463 e. The molecule has 1 rings (SSSR count). The third-order valence-electron chi connectivity index (χ3n) is 4.65. The molecule has 1 aliphatic rings. The highest BCUT2D eigenvalue weighted by Crippen LogP contribution is 2.39. The molecule has 0 aromatic carbocycles. The Morgan fingerprint density at radius 1 is 1.00 bits per heavy atom. The second kappa shape index (κ2) is 8.45. The highest BCUT2D eigenvalue weighted by molar-refractivity contribution is 6.74. The van der Waals surface area contributed by atoms with E-state index in [1.54, 1.807) is 0 Å². The minimum Gasteiger partial charge on any atom is -0.463 e. The lowest BCUT2D eigenvalue weighted by molar-refractivity contribution is -0.164. The Morgan fingerprint density at radius 2 is 1.42 bits per heavy atom. The SMILES string of the molecule is CC(=O)OC[C@@H]1CC(O[Si](C)(C)C(C)(C)C)C[C@H](COC(C)=O)O1. The van der Waals surface area contributed by atoms with Crippen LogP contribution in [-0.2, 0) is 28.2 Å². The van der Waals surface area contributed by atoms with E-state index in [-0.39, 0.29) is 48.5 Å². The van der Waals surface area contributed by atoms with Gasteiger partial charge in [0.15, 0.2) is 8.32 Å². The number of esters is 2. The Bertz CT molecular complexity index is 417. The van der Waals surface area contributed by atoms with Gasteiger partial charge in [0, 0.05) is 26.7 Å². The standard InChI is InChI=1S/C17H32O6Si/c1-12(18)20-10-15-8-14(23-24(6,7)17(3,4)5)9-16(22-15)11-21-13(2)19/h14-16H,8-11H2,1-7H3/t14?,15-,16+. The van der Waals surface area contributed by atoms with Crippen molar-refractivity contribution in [2.45, 2.75) is 83.9 Å². The van der Waals surface area contributed by atoms with Gasteiger partial charge in [-0.05, 0) is 18.1 Å². The van der Waals surface area contributed by atoms with Crippen molar-refractivity contribution in [3.63, 3.8) is 0 Å². The van der Waals surface area contributed by atoms with Crippen molar-refractivity contribution in [3.05, 3.63) is 0 Å². The van der Waals surface area contributed by atoms with Gasteiger partial charge in [-0.25, -0.2) is 0 Å². The van der Waals surface area contributed by atoms with Crippen molar-refractivity contribution < 1.29 is 28.2 Å². The Morgan fingerprint density at radius 3 is 1.75 bits per heavy atom. The topological polar surface area (TPSA) is 71.1 Å². The van der Waals surface area contributed by atoms with E-state index in [4.69, 9.17) is 18.6 Å². The minimum atomic E-state index is -1.91. The molecule has 1 aliphatic heterocycles. The number of carbonyl (C=O) groups is 2. The molecule has 0 aliphatic carbocycles. The average Bonchev–Trinajstić information content (AvgIpc) is 2.41. The predicted octanol–water partition coefficient (Wildman–Crippen LogP) is 3.05. The molecule has 0 aromatic rings. The molecule has 0 saturated carbocycles. The molecule has 0 N–H and O–H groups in total. The molecule has 24 heavy (non-hydrogen) atoms. The van der Waals surface area contributed by atoms with Crippen LogP contribution in [0.15, 0.2) is 0 Å². The van der Waals surface area contributed by atoms with Crippen molar-refractivity contribution in [2.75, 3.05) is 13.2 Å². The third kappa shape index (κ3) is 6.90. The lowest BCUT2D eigenvalue weighted by Crippen LogP contribution is -2.49. The number of carbonyl (C=O) groups excluding carboxylic acids is 2. The van der Waals surface area contributed by atoms with E-state index < -0.39 is 8.32 Å². The summed E-state index contributed by atoms with van der Waals surface area (Å²) < 4.78 is 22.6. The molecular weight excluding hydrogens is 328 g/mol. The van der Waals surface area contributed by atoms with Gasteiger partial charge in [-0.3, -0.25) is 9.59 Å². The van der Waals surface area contributed by atoms with Gasteiger partial charge in [0.1, 0.15) is 13.2 Å². The number of rotatable bonds is 6. The van der Waals surface area contributed by atoms with Gasteiger partial charge in [-0.15, -0.1) is 0 Å². The number of hydrogen-bond acceptors (Lipinski definition) is 6. The Kier molecular flexibility index (Phi) is 7.43. The molecule has 1 saturated heterocycles. The van der Waals surface area contributed by atoms with Gasteiger partial charge in [-0.2, -0.15) is 0 Å². The van der Waals surface area contributed by atoms with E-state index in [0.29, 0.717) is 12.8 Å². The van der Waals surface area contributed by atoms with Crippen molar-refractivity contribution in [1.82, 2.24) is 0 Å². The molecule has 3 atom stereocenters. The summed E-state index contributed by atoms with van der Waals surface area (Å²) in [5.41, 5.74) is 0. The first-order chi connectivity index (χ1) is 10.9. The summed E-state index contributed by atoms with van der Waals surface area (Å²) in [6.45, 7) is 14.2. The number of ether oxygens (including phenoxy) is 3. The maximum absolute atomic E-state index is 11.1. The molecule has 0 amide bonds. The molecule has 7 heteroatoms. The van der Waals surface area contributed by atoms with Crippen LogP contribution < -0.4 is 0 Å². The quantitative estimate of drug-likeness (QED) is 0.535. The number of hydrogen-bond donors (Lipinski definition) is 0. The fraction of sp³-hybridized carbons (Fsp3) is 0.882. The molecule has 0 bridgehead atoms. The lowest BCUT2D eigenvalue weighted by Gasteiger charge is -2.43. The zero-order valence-electron chi connectivity index (χ0n) is 16.0. The van der Waals surface area contributed by atoms with Gasteiger partial charge >= 0.3 is 11.9 Å². The maximum atomic E-state index is 11.1. The van der Waals surface area contributed by atoms with Crippen LogP contribution in [0.25, 0.3) is 0 Å². The van der Waals surface area contributed by atoms with E-state index in [1.807, 2.05) is 0 Å². The van der Waals surface area contributed by atoms with E-state index in [1.165, 1.54) is 13.8 Å². The first-order valence-corrected chi connectivity index (χ1v) is 11.4. The summed E-state index contributed by atoms with van der Waals surface area (Å²) >= 11 is 0. The Balaban J connectivity index is 2.74. The van der Waals surface area contributed by atoms with Gasteiger partial charge in [0.2, 0.25) is 0 Å². The summed E-state index contributed by atoms with van der Waals surface area (Å²) in [5, 5.41) is 0.113. The molecule has 1 unspecified atom stereocenters. The zero-order chi connectivity index (χ0) is 18.5. The second-order valence-electron chi connectivity index (χ2n) is 7.96. The normalized spacial score (nSPS) is 25.2. The molecule has 0 aromatic heterocycles. The fourth-order valence-electron chi connectivity index (χ4n) is 2.39. The van der Waals surface area contributed by atoms with Crippen LogP contribution in [0.2, 0.25) is 18.1 Å². The van der Waals surface area contributed by atoms with E-state index in [9.17, 15) is 9.59 Å². The maximum Gasteiger partial charge on any atom is 0.302 e. The van der Waals surface area contributed by atoms with Crippen molar-refractivity contribution in [2.24, 2.45) is 0 Å². The summed E-state index contributed by atoms with van der Waals surface area (Å²) in [6, 6.07) is 0. The van der Waals surface area contributed by atoms with Crippen molar-refractivity contribution in [3.8, 4) is 0 Å². The second-order valence-corrected chi connectivity index (χ2v) is 12.7. The molecule has 6 nitrogen and oxygen atoms in total. The monoisotopic (exact) mass is 360 g/mol. The Labute approximate surface area is 146 Å². The van der Waals surface area contributed by atoms with Crippen LogP contribution in [0.1, 0.15) is 47.5 Å². The third-order valence-corrected chi connectivity index (χ3v) is 9.18. The van der Waals surface area contributed by atoms with Gasteiger partial charge < -0.3 is 18.6 Å². The summed E-state index contributed by atoms with van der Waals surface area (Å²) in [5.74, 6) is -0.662. The van der Waals surface area contributed by atoms with Gasteiger partial charge in [0.25, 0.3) is 0 Å². The minimum absolute atomic E-state index is 0.0146. The smallest absolute Gasteiger partial charge is 0.302 e. The average molecular weight is 361 g/mol. The fourth-order valence-corrected chi connectivity index (χ4v) is 3.77. The van der Waals surface area contributed by atoms with Crippen LogP contribution in [-0.4, -0.2) is 51.8 Å². The van der Waals surface area contributed by atoms with E-state index in [0.717, 1.165) is 0 Å². The van der Waals surface area contributed by atoms with Gasteiger partial charge in [0.05, 0.1) is 18.3 Å². The van der Waals surface area contributed by atoms with Crippen molar-refractivity contribution in [1.29, 1.82) is 0 Å². The predicted molar refractivity (Wildman–Crippen MR) is 93.2 cm³/mol. The van der Waals surface area contributed by atoms with Crippen LogP contribution in [0.4, 0.5) is 0 Å². The molecule has 0 radical (unpaired) electrons. The summed E-state index contributed by atoms with van der Waals surface area (Å²) in [6.07, 6.45) is 0.893. The van der Waals surface area contributed by atoms with E-state index >= 15 is 0 Å². The molecular formula is C17H32O6Si. The Hall–Kier alpha value is -0.923. The zero-order valence-corrected chi connectivity index (χ0v) is 17.0. The molecule has 0 spiro atoms. The highest BCUT2D eigenvalue weighted by atomic mass is 28.4. The van der Waals surface area contributed by atoms with Crippen LogP contribution in [0.5, 0.6) is 0 Å². The lowest BCUT2D eigenvalue weighted by atomic mass is 10.0. The van der Waals surface area contributed by atoms with Crippen LogP contribution in [0.3, 0.4) is 0 Å². The molecule has 1 fully saturated rings. The first kappa shape index (κ1) is 21.1. The van der Waals surface area contributed by atoms with Crippen LogP contribution >= 0.6 is 0 Å². The molecule has 1 heterocycles. The summed E-state index contributed by atoms with van der Waals surface area (Å²) in [7, 11) is -1.91. The van der Waals surface area contributed by atoms with Crippen LogP contribution in [0, 0.1) is 0 Å². The summed E-state index contributed by atoms with van der Waals surface area (Å²) in [4.78, 5) is 22.1. The van der Waals surface area contributed by atoms with E-state index in [2.05, 4.69) is 33.9 Å². The highest BCUT2D eigenvalue weighted by Gasteiger charge is 2.41. The van der Waals surface area contributed by atoms with Crippen molar-refractivity contribution >= 4 is 20.3 Å². The first-order valence-electron chi connectivity index (χ1n) is 8.50. The van der Waals surface area contributed by atoms with Gasteiger partial charge in [-0.1, -0.05) is 20.8 Å². The molecule has 140 valence electrons.